The topological polar surface area (TPSA) is 93.4 Å². The van der Waals surface area contributed by atoms with Crippen LogP contribution in [0.3, 0.4) is 0 Å². The van der Waals surface area contributed by atoms with Gasteiger partial charge in [0.2, 0.25) is 0 Å². The molecule has 0 atom stereocenters. The number of fused-ring (bicyclic) bond motifs is 1. The molecular formula is C12H13N3O3. The Labute approximate surface area is 103 Å². The SMILES string of the molecule is Nc1[nH]ncc1-c1c(O)ccc2c1OCCCO2. The lowest BCUT2D eigenvalue weighted by Gasteiger charge is -2.13. The van der Waals surface area contributed by atoms with E-state index in [4.69, 9.17) is 15.2 Å². The lowest BCUT2D eigenvalue weighted by atomic mass is 10.1. The first-order valence-electron chi connectivity index (χ1n) is 5.68. The van der Waals surface area contributed by atoms with E-state index in [9.17, 15) is 5.11 Å². The van der Waals surface area contributed by atoms with Crippen molar-refractivity contribution in [1.29, 1.82) is 0 Å². The molecular weight excluding hydrogens is 234 g/mol. The second-order valence-electron chi connectivity index (χ2n) is 4.03. The fourth-order valence-electron chi connectivity index (χ4n) is 1.98. The van der Waals surface area contributed by atoms with Gasteiger partial charge in [-0.25, -0.2) is 0 Å². The first-order valence-corrected chi connectivity index (χ1v) is 5.68. The molecule has 0 fully saturated rings. The predicted molar refractivity (Wildman–Crippen MR) is 65.7 cm³/mol. The number of ether oxygens (including phenoxy) is 2. The van der Waals surface area contributed by atoms with Crippen LogP contribution in [0.4, 0.5) is 5.82 Å². The number of H-pyrrole nitrogens is 1. The van der Waals surface area contributed by atoms with E-state index in [2.05, 4.69) is 10.2 Å². The van der Waals surface area contributed by atoms with Crippen molar-refractivity contribution >= 4 is 5.82 Å². The maximum absolute atomic E-state index is 10.0. The number of rotatable bonds is 1. The van der Waals surface area contributed by atoms with Crippen molar-refractivity contribution in [2.75, 3.05) is 18.9 Å². The summed E-state index contributed by atoms with van der Waals surface area (Å²) in [7, 11) is 0. The number of nitrogens with zero attached hydrogens (tertiary/aromatic N) is 1. The van der Waals surface area contributed by atoms with Gasteiger partial charge in [0.1, 0.15) is 11.6 Å². The average molecular weight is 247 g/mol. The minimum atomic E-state index is 0.0901. The number of nitrogens with one attached hydrogen (secondary N) is 1. The molecule has 2 heterocycles. The van der Waals surface area contributed by atoms with Gasteiger partial charge in [-0.2, -0.15) is 5.10 Å². The molecule has 2 aromatic rings. The van der Waals surface area contributed by atoms with Gasteiger partial charge in [-0.15, -0.1) is 0 Å². The van der Waals surface area contributed by atoms with Crippen LogP contribution in [0.1, 0.15) is 6.42 Å². The summed E-state index contributed by atoms with van der Waals surface area (Å²) in [4.78, 5) is 0. The van der Waals surface area contributed by atoms with Gasteiger partial charge in [0.15, 0.2) is 11.5 Å². The van der Waals surface area contributed by atoms with E-state index < -0.39 is 0 Å². The third kappa shape index (κ3) is 1.62. The number of phenols is 1. The summed E-state index contributed by atoms with van der Waals surface area (Å²) in [6.07, 6.45) is 2.36. The van der Waals surface area contributed by atoms with E-state index in [1.54, 1.807) is 18.3 Å². The Hall–Kier alpha value is -2.37. The Bertz CT molecular complexity index is 580. The van der Waals surface area contributed by atoms with Gasteiger partial charge in [0, 0.05) is 6.42 Å². The number of hydrogen-bond donors (Lipinski definition) is 3. The van der Waals surface area contributed by atoms with Crippen LogP contribution in [-0.4, -0.2) is 28.5 Å². The molecule has 94 valence electrons. The molecule has 0 bridgehead atoms. The maximum Gasteiger partial charge on any atom is 0.172 e. The van der Waals surface area contributed by atoms with Gasteiger partial charge in [-0.1, -0.05) is 0 Å². The Balaban J connectivity index is 2.22. The minimum Gasteiger partial charge on any atom is -0.507 e. The second-order valence-corrected chi connectivity index (χ2v) is 4.03. The monoisotopic (exact) mass is 247 g/mol. The molecule has 6 heteroatoms. The molecule has 1 aliphatic heterocycles. The zero-order valence-corrected chi connectivity index (χ0v) is 9.64. The van der Waals surface area contributed by atoms with E-state index in [-0.39, 0.29) is 5.75 Å². The van der Waals surface area contributed by atoms with Crippen molar-refractivity contribution < 1.29 is 14.6 Å². The van der Waals surface area contributed by atoms with Crippen molar-refractivity contribution in [2.45, 2.75) is 6.42 Å². The number of hydrogen-bond acceptors (Lipinski definition) is 5. The number of aromatic nitrogens is 2. The molecule has 0 saturated heterocycles. The Morgan fingerprint density at radius 3 is 2.89 bits per heavy atom. The highest BCUT2D eigenvalue weighted by Crippen LogP contribution is 2.46. The number of aromatic amines is 1. The van der Waals surface area contributed by atoms with Crippen molar-refractivity contribution in [3.63, 3.8) is 0 Å². The third-order valence-electron chi connectivity index (χ3n) is 2.83. The highest BCUT2D eigenvalue weighted by molar-refractivity contribution is 5.84. The molecule has 4 N–H and O–H groups in total. The second kappa shape index (κ2) is 4.14. The van der Waals surface area contributed by atoms with Crippen LogP contribution in [0, 0.1) is 0 Å². The summed E-state index contributed by atoms with van der Waals surface area (Å²) in [5, 5.41) is 16.5. The predicted octanol–water partition coefficient (Wildman–Crippen LogP) is 1.53. The molecule has 1 aromatic heterocycles. The normalized spacial score (nSPS) is 14.2. The van der Waals surface area contributed by atoms with Crippen LogP contribution in [0.15, 0.2) is 18.3 Å². The quantitative estimate of drug-likeness (QED) is 0.710. The molecule has 0 aliphatic carbocycles. The number of phenolic OH excluding ortho intramolecular Hbond substituents is 1. The van der Waals surface area contributed by atoms with E-state index in [1.165, 1.54) is 0 Å². The Morgan fingerprint density at radius 2 is 2.11 bits per heavy atom. The van der Waals surface area contributed by atoms with E-state index in [0.717, 1.165) is 6.42 Å². The van der Waals surface area contributed by atoms with Crippen LogP contribution in [0.2, 0.25) is 0 Å². The third-order valence-corrected chi connectivity index (χ3v) is 2.83. The molecule has 0 amide bonds. The molecule has 0 spiro atoms. The van der Waals surface area contributed by atoms with Gasteiger partial charge in [-0.05, 0) is 12.1 Å². The molecule has 18 heavy (non-hydrogen) atoms. The molecule has 6 nitrogen and oxygen atoms in total. The summed E-state index contributed by atoms with van der Waals surface area (Å²) in [5.41, 5.74) is 6.91. The lowest BCUT2D eigenvalue weighted by molar-refractivity contribution is 0.297. The Kier molecular flexibility index (Phi) is 2.47. The number of nitrogens with two attached hydrogens (primary N) is 1. The van der Waals surface area contributed by atoms with Crippen LogP contribution in [-0.2, 0) is 0 Å². The first-order chi connectivity index (χ1) is 8.77. The van der Waals surface area contributed by atoms with Crippen LogP contribution >= 0.6 is 0 Å². The number of benzene rings is 1. The summed E-state index contributed by atoms with van der Waals surface area (Å²) >= 11 is 0. The molecule has 0 unspecified atom stereocenters. The highest BCUT2D eigenvalue weighted by Gasteiger charge is 2.21. The molecule has 3 rings (SSSR count). The van der Waals surface area contributed by atoms with E-state index in [1.807, 2.05) is 0 Å². The van der Waals surface area contributed by atoms with E-state index in [0.29, 0.717) is 41.7 Å². The van der Waals surface area contributed by atoms with E-state index >= 15 is 0 Å². The molecule has 1 aromatic carbocycles. The van der Waals surface area contributed by atoms with Crippen molar-refractivity contribution in [2.24, 2.45) is 0 Å². The summed E-state index contributed by atoms with van der Waals surface area (Å²) in [6, 6.07) is 3.26. The minimum absolute atomic E-state index is 0.0901. The Morgan fingerprint density at radius 1 is 1.28 bits per heavy atom. The zero-order chi connectivity index (χ0) is 12.5. The lowest BCUT2D eigenvalue weighted by Crippen LogP contribution is -1.98. The number of anilines is 1. The maximum atomic E-state index is 10.0. The largest absolute Gasteiger partial charge is 0.507 e. The average Bonchev–Trinajstić information content (AvgIpc) is 2.64. The van der Waals surface area contributed by atoms with Gasteiger partial charge >= 0.3 is 0 Å². The number of aromatic hydroxyl groups is 1. The molecule has 0 radical (unpaired) electrons. The molecule has 1 aliphatic rings. The van der Waals surface area contributed by atoms with Crippen LogP contribution in [0.25, 0.3) is 11.1 Å². The van der Waals surface area contributed by atoms with Gasteiger partial charge in [0.05, 0.1) is 30.5 Å². The van der Waals surface area contributed by atoms with Crippen molar-refractivity contribution in [3.8, 4) is 28.4 Å². The van der Waals surface area contributed by atoms with Crippen molar-refractivity contribution in [3.05, 3.63) is 18.3 Å². The first kappa shape index (κ1) is 10.8. The van der Waals surface area contributed by atoms with Crippen LogP contribution in [0.5, 0.6) is 17.2 Å². The summed E-state index contributed by atoms with van der Waals surface area (Å²) in [6.45, 7) is 1.14. The van der Waals surface area contributed by atoms with Crippen molar-refractivity contribution in [1.82, 2.24) is 10.2 Å². The fraction of sp³-hybridized carbons (Fsp3) is 0.250. The smallest absolute Gasteiger partial charge is 0.172 e. The van der Waals surface area contributed by atoms with Gasteiger partial charge in [0.25, 0.3) is 0 Å². The molecule has 0 saturated carbocycles. The van der Waals surface area contributed by atoms with Gasteiger partial charge < -0.3 is 20.3 Å². The number of nitrogen functional groups attached to an aromatic ring is 1. The van der Waals surface area contributed by atoms with Crippen LogP contribution < -0.4 is 15.2 Å². The summed E-state index contributed by atoms with van der Waals surface area (Å²) < 4.78 is 11.2. The standard InChI is InChI=1S/C12H13N3O3/c13-12-7(6-14-15-12)10-8(16)2-3-9-11(10)18-5-1-4-17-9/h2-3,6,16H,1,4-5H2,(H3,13,14,15). The fourth-order valence-corrected chi connectivity index (χ4v) is 1.98. The highest BCUT2D eigenvalue weighted by atomic mass is 16.5. The summed E-state index contributed by atoms with van der Waals surface area (Å²) in [5.74, 6) is 1.60. The zero-order valence-electron chi connectivity index (χ0n) is 9.64. The van der Waals surface area contributed by atoms with Gasteiger partial charge in [-0.3, -0.25) is 5.10 Å².